The highest BCUT2D eigenvalue weighted by molar-refractivity contribution is 7.89. The van der Waals surface area contributed by atoms with E-state index < -0.39 is 44.4 Å². The predicted molar refractivity (Wildman–Crippen MR) is 70.5 cm³/mol. The van der Waals surface area contributed by atoms with E-state index in [1.165, 1.54) is 0 Å². The van der Waals surface area contributed by atoms with Crippen molar-refractivity contribution in [3.05, 3.63) is 29.6 Å². The lowest BCUT2D eigenvalue weighted by Gasteiger charge is -2.29. The average molecular weight is 355 g/mol. The van der Waals surface area contributed by atoms with Crippen molar-refractivity contribution in [2.75, 3.05) is 13.1 Å². The van der Waals surface area contributed by atoms with Gasteiger partial charge in [0.1, 0.15) is 10.7 Å². The van der Waals surface area contributed by atoms with E-state index in [-0.39, 0.29) is 32.0 Å². The van der Waals surface area contributed by atoms with Gasteiger partial charge in [-0.1, -0.05) is 0 Å². The second-order valence-electron chi connectivity index (χ2n) is 5.16. The lowest BCUT2D eigenvalue weighted by Crippen LogP contribution is -2.40. The van der Waals surface area contributed by atoms with Gasteiger partial charge in [0.05, 0.1) is 11.5 Å². The Kier molecular flexibility index (Phi) is 4.67. The van der Waals surface area contributed by atoms with Gasteiger partial charge in [-0.05, 0) is 31.0 Å². The van der Waals surface area contributed by atoms with Gasteiger partial charge >= 0.3 is 12.1 Å². The average Bonchev–Trinajstić information content (AvgIpc) is 2.46. The zero-order valence-electron chi connectivity index (χ0n) is 11.7. The van der Waals surface area contributed by atoms with Crippen LogP contribution < -0.4 is 0 Å². The number of aliphatic carboxylic acids is 1. The minimum atomic E-state index is -4.80. The monoisotopic (exact) mass is 355 g/mol. The van der Waals surface area contributed by atoms with Crippen molar-refractivity contribution in [3.63, 3.8) is 0 Å². The highest BCUT2D eigenvalue weighted by Crippen LogP contribution is 2.33. The minimum absolute atomic E-state index is 0.0230. The summed E-state index contributed by atoms with van der Waals surface area (Å²) in [6, 6.07) is 1.18. The Balaban J connectivity index is 2.32. The number of carboxylic acid groups (broad SMARTS) is 1. The van der Waals surface area contributed by atoms with Crippen molar-refractivity contribution >= 4 is 16.0 Å². The zero-order chi connectivity index (χ0) is 17.4. The molecule has 0 aliphatic carbocycles. The standard InChI is InChI=1S/C13H13F4NO4S/c14-10-2-1-9(13(15,16)17)7-11(10)23(21,22)18-5-3-8(4-6-18)12(19)20/h1-2,7-8H,3-6H2,(H,19,20). The molecule has 1 heterocycles. The molecule has 1 saturated heterocycles. The Hall–Kier alpha value is -1.68. The maximum Gasteiger partial charge on any atom is 0.416 e. The molecule has 2 rings (SSSR count). The molecule has 1 N–H and O–H groups in total. The van der Waals surface area contributed by atoms with Crippen LogP contribution in [-0.2, 0) is 21.0 Å². The molecule has 0 amide bonds. The first-order valence-electron chi connectivity index (χ1n) is 6.63. The van der Waals surface area contributed by atoms with E-state index in [0.29, 0.717) is 12.1 Å². The number of carbonyl (C=O) groups is 1. The quantitative estimate of drug-likeness (QED) is 0.845. The van der Waals surface area contributed by atoms with Crippen LogP contribution in [-0.4, -0.2) is 36.9 Å². The Labute approximate surface area is 129 Å². The molecule has 5 nitrogen and oxygen atoms in total. The summed E-state index contributed by atoms with van der Waals surface area (Å²) in [5.74, 6) is -3.06. The molecule has 1 fully saturated rings. The SMILES string of the molecule is O=C(O)C1CCN(S(=O)(=O)c2cc(C(F)(F)F)ccc2F)CC1. The highest BCUT2D eigenvalue weighted by atomic mass is 32.2. The molecule has 1 aromatic rings. The molecule has 0 spiro atoms. The molecule has 10 heteroatoms. The first-order valence-corrected chi connectivity index (χ1v) is 8.07. The van der Waals surface area contributed by atoms with Crippen molar-refractivity contribution in [1.82, 2.24) is 4.31 Å². The number of piperidine rings is 1. The number of halogens is 4. The van der Waals surface area contributed by atoms with E-state index >= 15 is 0 Å². The third-order valence-electron chi connectivity index (χ3n) is 3.68. The smallest absolute Gasteiger partial charge is 0.416 e. The van der Waals surface area contributed by atoms with Gasteiger partial charge < -0.3 is 5.11 Å². The van der Waals surface area contributed by atoms with Gasteiger partial charge in [-0.15, -0.1) is 0 Å². The van der Waals surface area contributed by atoms with E-state index in [4.69, 9.17) is 5.11 Å². The Bertz CT molecular complexity index is 709. The van der Waals surface area contributed by atoms with Crippen LogP contribution in [0.5, 0.6) is 0 Å². The van der Waals surface area contributed by atoms with Gasteiger partial charge in [-0.3, -0.25) is 4.79 Å². The van der Waals surface area contributed by atoms with Crippen LogP contribution in [0.3, 0.4) is 0 Å². The Morgan fingerprint density at radius 1 is 1.22 bits per heavy atom. The number of hydrogen-bond donors (Lipinski definition) is 1. The summed E-state index contributed by atoms with van der Waals surface area (Å²) in [7, 11) is -4.46. The largest absolute Gasteiger partial charge is 0.481 e. The first-order chi connectivity index (χ1) is 10.5. The summed E-state index contributed by atoms with van der Waals surface area (Å²) in [5, 5.41) is 8.86. The molecule has 23 heavy (non-hydrogen) atoms. The molecule has 0 aromatic heterocycles. The lowest BCUT2D eigenvalue weighted by molar-refractivity contribution is -0.143. The minimum Gasteiger partial charge on any atom is -0.481 e. The van der Waals surface area contributed by atoms with E-state index in [9.17, 15) is 30.8 Å². The first kappa shape index (κ1) is 17.7. The second-order valence-corrected chi connectivity index (χ2v) is 7.07. The van der Waals surface area contributed by atoms with Gasteiger partial charge in [0.2, 0.25) is 10.0 Å². The van der Waals surface area contributed by atoms with Crippen molar-refractivity contribution in [1.29, 1.82) is 0 Å². The van der Waals surface area contributed by atoms with E-state index in [0.717, 1.165) is 4.31 Å². The number of benzene rings is 1. The third kappa shape index (κ3) is 3.63. The van der Waals surface area contributed by atoms with Gasteiger partial charge in [-0.2, -0.15) is 17.5 Å². The fourth-order valence-electron chi connectivity index (χ4n) is 2.36. The highest BCUT2D eigenvalue weighted by Gasteiger charge is 2.36. The number of sulfonamides is 1. The van der Waals surface area contributed by atoms with Crippen LogP contribution in [0.25, 0.3) is 0 Å². The summed E-state index contributed by atoms with van der Waals surface area (Å²) >= 11 is 0. The molecule has 0 bridgehead atoms. The summed E-state index contributed by atoms with van der Waals surface area (Å²) in [5.41, 5.74) is -1.27. The molecular weight excluding hydrogens is 342 g/mol. The zero-order valence-corrected chi connectivity index (χ0v) is 12.5. The van der Waals surface area contributed by atoms with E-state index in [1.807, 2.05) is 0 Å². The van der Waals surface area contributed by atoms with Gasteiger partial charge in [0.25, 0.3) is 0 Å². The topological polar surface area (TPSA) is 74.7 Å². The summed E-state index contributed by atoms with van der Waals surface area (Å²) < 4.78 is 77.2. The molecule has 128 valence electrons. The maximum absolute atomic E-state index is 13.7. The molecular formula is C13H13F4NO4S. The van der Waals surface area contributed by atoms with Crippen LogP contribution >= 0.6 is 0 Å². The Morgan fingerprint density at radius 2 is 1.78 bits per heavy atom. The van der Waals surface area contributed by atoms with Gasteiger partial charge in [0.15, 0.2) is 0 Å². The maximum atomic E-state index is 13.7. The normalized spacial score (nSPS) is 18.1. The summed E-state index contributed by atoms with van der Waals surface area (Å²) in [6.07, 6.45) is -4.75. The van der Waals surface area contributed by atoms with Gasteiger partial charge in [-0.25, -0.2) is 12.8 Å². The number of hydrogen-bond acceptors (Lipinski definition) is 3. The van der Waals surface area contributed by atoms with Crippen molar-refractivity contribution in [2.45, 2.75) is 23.9 Å². The second kappa shape index (κ2) is 6.08. The van der Waals surface area contributed by atoms with Crippen LogP contribution in [0.2, 0.25) is 0 Å². The molecule has 0 atom stereocenters. The van der Waals surface area contributed by atoms with Gasteiger partial charge in [0, 0.05) is 13.1 Å². The molecule has 0 radical (unpaired) electrons. The van der Waals surface area contributed by atoms with Crippen LogP contribution in [0.4, 0.5) is 17.6 Å². The molecule has 0 saturated carbocycles. The molecule has 1 aromatic carbocycles. The van der Waals surface area contributed by atoms with Crippen molar-refractivity contribution in [3.8, 4) is 0 Å². The molecule has 1 aliphatic rings. The lowest BCUT2D eigenvalue weighted by atomic mass is 9.99. The van der Waals surface area contributed by atoms with E-state index in [2.05, 4.69) is 0 Å². The molecule has 1 aliphatic heterocycles. The number of carboxylic acids is 1. The summed E-state index contributed by atoms with van der Waals surface area (Å²) in [6.45, 7) is -0.371. The predicted octanol–water partition coefficient (Wildman–Crippen LogP) is 2.33. The number of nitrogens with zero attached hydrogens (tertiary/aromatic N) is 1. The fraction of sp³-hybridized carbons (Fsp3) is 0.462. The van der Waals surface area contributed by atoms with E-state index in [1.54, 1.807) is 0 Å². The van der Waals surface area contributed by atoms with Crippen molar-refractivity contribution < 1.29 is 35.9 Å². The van der Waals surface area contributed by atoms with Crippen molar-refractivity contribution in [2.24, 2.45) is 5.92 Å². The summed E-state index contributed by atoms with van der Waals surface area (Å²) in [4.78, 5) is 9.78. The number of alkyl halides is 3. The third-order valence-corrected chi connectivity index (χ3v) is 5.59. The molecule has 0 unspecified atom stereocenters. The Morgan fingerprint density at radius 3 is 2.26 bits per heavy atom. The van der Waals surface area contributed by atoms with Crippen LogP contribution in [0.15, 0.2) is 23.1 Å². The fourth-order valence-corrected chi connectivity index (χ4v) is 3.92. The van der Waals surface area contributed by atoms with Crippen LogP contribution in [0, 0.1) is 11.7 Å². The van der Waals surface area contributed by atoms with Crippen LogP contribution in [0.1, 0.15) is 18.4 Å². The number of rotatable bonds is 3.